The van der Waals surface area contributed by atoms with E-state index in [-0.39, 0.29) is 0 Å². The average molecular weight is 287 g/mol. The fourth-order valence-electron chi connectivity index (χ4n) is 2.23. The van der Waals surface area contributed by atoms with Gasteiger partial charge in [0.15, 0.2) is 0 Å². The lowest BCUT2D eigenvalue weighted by molar-refractivity contribution is 0.701. The quantitative estimate of drug-likeness (QED) is 0.798. The summed E-state index contributed by atoms with van der Waals surface area (Å²) >= 11 is 6.18. The standard InChI is InChI=1S/C15H15ClN4/c1-11-17-7-9-20(11)10-8-18-14-5-4-13(16)12-3-2-6-19-15(12)14/h2-7,9,18H,8,10H2,1H3. The number of aromatic nitrogens is 3. The van der Waals surface area contributed by atoms with Crippen LogP contribution < -0.4 is 5.32 Å². The van der Waals surface area contributed by atoms with Gasteiger partial charge in [-0.05, 0) is 31.2 Å². The third kappa shape index (κ3) is 2.47. The first kappa shape index (κ1) is 12.9. The monoisotopic (exact) mass is 286 g/mol. The van der Waals surface area contributed by atoms with Crippen molar-refractivity contribution in [3.63, 3.8) is 0 Å². The van der Waals surface area contributed by atoms with Gasteiger partial charge in [0.1, 0.15) is 5.82 Å². The Balaban J connectivity index is 1.78. The molecule has 1 aromatic carbocycles. The van der Waals surface area contributed by atoms with E-state index >= 15 is 0 Å². The van der Waals surface area contributed by atoms with Gasteiger partial charge in [0.25, 0.3) is 0 Å². The van der Waals surface area contributed by atoms with Crippen molar-refractivity contribution in [1.82, 2.24) is 14.5 Å². The van der Waals surface area contributed by atoms with Crippen LogP contribution in [0, 0.1) is 6.92 Å². The molecular formula is C15H15ClN4. The van der Waals surface area contributed by atoms with E-state index in [4.69, 9.17) is 11.6 Å². The van der Waals surface area contributed by atoms with Crippen LogP contribution in [0.1, 0.15) is 5.82 Å². The lowest BCUT2D eigenvalue weighted by Crippen LogP contribution is -2.11. The van der Waals surface area contributed by atoms with E-state index in [9.17, 15) is 0 Å². The molecule has 0 atom stereocenters. The number of fused-ring (bicyclic) bond motifs is 1. The number of anilines is 1. The van der Waals surface area contributed by atoms with Crippen molar-refractivity contribution in [2.24, 2.45) is 0 Å². The predicted octanol–water partition coefficient (Wildman–Crippen LogP) is 3.51. The summed E-state index contributed by atoms with van der Waals surface area (Å²) in [5.41, 5.74) is 1.91. The fourth-order valence-corrected chi connectivity index (χ4v) is 2.45. The number of hydrogen-bond acceptors (Lipinski definition) is 3. The second-order valence-corrected chi connectivity index (χ2v) is 5.00. The van der Waals surface area contributed by atoms with Gasteiger partial charge >= 0.3 is 0 Å². The van der Waals surface area contributed by atoms with E-state index in [2.05, 4.69) is 19.9 Å². The zero-order valence-electron chi connectivity index (χ0n) is 11.2. The Morgan fingerprint density at radius 2 is 2.10 bits per heavy atom. The minimum absolute atomic E-state index is 0.726. The van der Waals surface area contributed by atoms with Crippen molar-refractivity contribution in [2.45, 2.75) is 13.5 Å². The number of aryl methyl sites for hydroxylation is 1. The zero-order valence-corrected chi connectivity index (χ0v) is 11.9. The molecule has 4 nitrogen and oxygen atoms in total. The maximum Gasteiger partial charge on any atom is 0.105 e. The Morgan fingerprint density at radius 3 is 2.90 bits per heavy atom. The molecule has 0 saturated carbocycles. The van der Waals surface area contributed by atoms with E-state index in [0.717, 1.165) is 40.5 Å². The maximum absolute atomic E-state index is 6.18. The van der Waals surface area contributed by atoms with Crippen molar-refractivity contribution in [2.75, 3.05) is 11.9 Å². The highest BCUT2D eigenvalue weighted by molar-refractivity contribution is 6.35. The number of pyridine rings is 1. The van der Waals surface area contributed by atoms with Crippen molar-refractivity contribution in [1.29, 1.82) is 0 Å². The summed E-state index contributed by atoms with van der Waals surface area (Å²) in [7, 11) is 0. The number of nitrogens with one attached hydrogen (secondary N) is 1. The predicted molar refractivity (Wildman–Crippen MR) is 82.2 cm³/mol. The van der Waals surface area contributed by atoms with Gasteiger partial charge in [-0.25, -0.2) is 4.98 Å². The topological polar surface area (TPSA) is 42.7 Å². The highest BCUT2D eigenvalue weighted by Crippen LogP contribution is 2.27. The number of rotatable bonds is 4. The van der Waals surface area contributed by atoms with Gasteiger partial charge in [0, 0.05) is 37.1 Å². The summed E-state index contributed by atoms with van der Waals surface area (Å²) in [4.78, 5) is 8.62. The van der Waals surface area contributed by atoms with Crippen LogP contribution >= 0.6 is 11.6 Å². The molecule has 0 saturated heterocycles. The molecule has 5 heteroatoms. The Hall–Kier alpha value is -2.07. The summed E-state index contributed by atoms with van der Waals surface area (Å²) in [6.07, 6.45) is 5.58. The molecule has 0 bridgehead atoms. The summed E-state index contributed by atoms with van der Waals surface area (Å²) in [6, 6.07) is 7.75. The first-order valence-electron chi connectivity index (χ1n) is 6.50. The minimum atomic E-state index is 0.726. The molecule has 20 heavy (non-hydrogen) atoms. The molecule has 1 N–H and O–H groups in total. The number of hydrogen-bond donors (Lipinski definition) is 1. The van der Waals surface area contributed by atoms with Crippen molar-refractivity contribution >= 4 is 28.2 Å². The van der Waals surface area contributed by atoms with E-state index in [1.807, 2.05) is 43.6 Å². The molecule has 0 fully saturated rings. The molecule has 3 aromatic rings. The lowest BCUT2D eigenvalue weighted by atomic mass is 10.2. The van der Waals surface area contributed by atoms with Gasteiger partial charge < -0.3 is 9.88 Å². The van der Waals surface area contributed by atoms with Gasteiger partial charge in [0.05, 0.1) is 16.2 Å². The summed E-state index contributed by atoms with van der Waals surface area (Å²) < 4.78 is 2.11. The second kappa shape index (κ2) is 5.51. The van der Waals surface area contributed by atoms with Crippen LogP contribution in [-0.2, 0) is 6.54 Å². The Kier molecular flexibility index (Phi) is 3.56. The average Bonchev–Trinajstić information content (AvgIpc) is 2.87. The Morgan fingerprint density at radius 1 is 1.20 bits per heavy atom. The van der Waals surface area contributed by atoms with Gasteiger partial charge in [-0.3, -0.25) is 4.98 Å². The van der Waals surface area contributed by atoms with Crippen LogP contribution in [-0.4, -0.2) is 21.1 Å². The maximum atomic E-state index is 6.18. The lowest BCUT2D eigenvalue weighted by Gasteiger charge is -2.11. The number of halogens is 1. The Labute approximate surface area is 122 Å². The number of nitrogens with zero attached hydrogens (tertiary/aromatic N) is 3. The van der Waals surface area contributed by atoms with Crippen molar-refractivity contribution < 1.29 is 0 Å². The largest absolute Gasteiger partial charge is 0.381 e. The smallest absolute Gasteiger partial charge is 0.105 e. The summed E-state index contributed by atoms with van der Waals surface area (Å²) in [5.74, 6) is 1.02. The van der Waals surface area contributed by atoms with Crippen LogP contribution in [0.3, 0.4) is 0 Å². The van der Waals surface area contributed by atoms with Gasteiger partial charge in [0.2, 0.25) is 0 Å². The highest BCUT2D eigenvalue weighted by Gasteiger charge is 2.05. The number of imidazole rings is 1. The van der Waals surface area contributed by atoms with Crippen LogP contribution in [0.15, 0.2) is 42.9 Å². The molecule has 3 rings (SSSR count). The SMILES string of the molecule is Cc1nccn1CCNc1ccc(Cl)c2cccnc12. The van der Waals surface area contributed by atoms with E-state index in [0.29, 0.717) is 0 Å². The molecule has 2 heterocycles. The Bertz CT molecular complexity index is 736. The fraction of sp³-hybridized carbons (Fsp3) is 0.200. The third-order valence-electron chi connectivity index (χ3n) is 3.31. The molecule has 0 spiro atoms. The number of benzene rings is 1. The van der Waals surface area contributed by atoms with Crippen molar-refractivity contribution in [3.05, 3.63) is 53.7 Å². The normalized spacial score (nSPS) is 10.9. The molecule has 0 aliphatic rings. The van der Waals surface area contributed by atoms with E-state index < -0.39 is 0 Å². The van der Waals surface area contributed by atoms with Gasteiger partial charge in [-0.2, -0.15) is 0 Å². The molecule has 0 aliphatic heterocycles. The van der Waals surface area contributed by atoms with Crippen LogP contribution in [0.4, 0.5) is 5.69 Å². The summed E-state index contributed by atoms with van der Waals surface area (Å²) in [5, 5.41) is 5.11. The van der Waals surface area contributed by atoms with E-state index in [1.165, 1.54) is 0 Å². The summed E-state index contributed by atoms with van der Waals surface area (Å²) in [6.45, 7) is 3.67. The van der Waals surface area contributed by atoms with Gasteiger partial charge in [-0.15, -0.1) is 0 Å². The van der Waals surface area contributed by atoms with Crippen LogP contribution in [0.5, 0.6) is 0 Å². The second-order valence-electron chi connectivity index (χ2n) is 4.59. The first-order valence-corrected chi connectivity index (χ1v) is 6.88. The highest BCUT2D eigenvalue weighted by atomic mass is 35.5. The van der Waals surface area contributed by atoms with Crippen LogP contribution in [0.2, 0.25) is 5.02 Å². The van der Waals surface area contributed by atoms with Crippen LogP contribution in [0.25, 0.3) is 10.9 Å². The molecular weight excluding hydrogens is 272 g/mol. The molecule has 2 aromatic heterocycles. The van der Waals surface area contributed by atoms with Gasteiger partial charge in [-0.1, -0.05) is 11.6 Å². The first-order chi connectivity index (χ1) is 9.75. The molecule has 0 unspecified atom stereocenters. The van der Waals surface area contributed by atoms with E-state index in [1.54, 1.807) is 6.20 Å². The third-order valence-corrected chi connectivity index (χ3v) is 3.64. The molecule has 0 radical (unpaired) electrons. The minimum Gasteiger partial charge on any atom is -0.381 e. The molecule has 0 aliphatic carbocycles. The zero-order chi connectivity index (χ0) is 13.9. The molecule has 102 valence electrons. The molecule has 0 amide bonds. The van der Waals surface area contributed by atoms with Crippen molar-refractivity contribution in [3.8, 4) is 0 Å².